The second-order valence-corrected chi connectivity index (χ2v) is 6.33. The molecule has 2 aromatic rings. The number of benzene rings is 1. The average molecular weight is 397 g/mol. The smallest absolute Gasteiger partial charge is 0.186 e. The van der Waals surface area contributed by atoms with Gasteiger partial charge in [-0.1, -0.05) is 58.2 Å². The first kappa shape index (κ1) is 17.6. The first-order valence-electron chi connectivity index (χ1n) is 5.73. The van der Waals surface area contributed by atoms with E-state index in [2.05, 4.69) is 4.98 Å². The highest BCUT2D eigenvalue weighted by atomic mass is 35.5. The van der Waals surface area contributed by atoms with Crippen LogP contribution in [0.4, 0.5) is 4.39 Å². The monoisotopic (exact) mass is 395 g/mol. The number of aromatic nitrogens is 1. The van der Waals surface area contributed by atoms with Crippen LogP contribution in [0.2, 0.25) is 20.4 Å². The minimum absolute atomic E-state index is 0.0248. The van der Waals surface area contributed by atoms with Crippen LogP contribution >= 0.6 is 58.2 Å². The molecule has 0 aliphatic rings. The standard InChI is InChI=1S/C14H6Cl4FNOS/c15-10-12(11(16)14(18)20-13(10)17)22-6-5-9(21)7-1-3-8(19)4-2-7/h1-6H/b6-5+. The molecule has 0 fully saturated rings. The quantitative estimate of drug-likeness (QED) is 0.262. The minimum Gasteiger partial charge on any atom is -0.289 e. The number of rotatable bonds is 4. The Balaban J connectivity index is 2.16. The van der Waals surface area contributed by atoms with E-state index in [0.29, 0.717) is 10.5 Å². The molecule has 0 N–H and O–H groups in total. The Morgan fingerprint density at radius 3 is 2.14 bits per heavy atom. The summed E-state index contributed by atoms with van der Waals surface area (Å²) in [6.45, 7) is 0. The summed E-state index contributed by atoms with van der Waals surface area (Å²) in [5.41, 5.74) is 0.362. The molecule has 0 radical (unpaired) electrons. The van der Waals surface area contributed by atoms with E-state index >= 15 is 0 Å². The molecule has 1 aromatic carbocycles. The third-order valence-corrected chi connectivity index (χ3v) is 5.11. The van der Waals surface area contributed by atoms with Crippen LogP contribution in [-0.2, 0) is 0 Å². The maximum Gasteiger partial charge on any atom is 0.186 e. The SMILES string of the molecule is O=C(/C=C/Sc1c(Cl)c(Cl)nc(Cl)c1Cl)c1ccc(F)cc1. The number of hydrogen-bond donors (Lipinski definition) is 0. The molecular formula is C14H6Cl4FNOS. The topological polar surface area (TPSA) is 30.0 Å². The van der Waals surface area contributed by atoms with Crippen LogP contribution in [0.25, 0.3) is 0 Å². The van der Waals surface area contributed by atoms with Gasteiger partial charge >= 0.3 is 0 Å². The zero-order chi connectivity index (χ0) is 16.3. The number of carbonyl (C=O) groups excluding carboxylic acids is 1. The summed E-state index contributed by atoms with van der Waals surface area (Å²) in [6, 6.07) is 5.22. The molecule has 0 aliphatic heterocycles. The fourth-order valence-electron chi connectivity index (χ4n) is 1.45. The number of ketones is 1. The number of nitrogens with zero attached hydrogens (tertiary/aromatic N) is 1. The average Bonchev–Trinajstić information content (AvgIpc) is 2.49. The van der Waals surface area contributed by atoms with Gasteiger partial charge in [0.05, 0.1) is 14.9 Å². The van der Waals surface area contributed by atoms with Crippen molar-refractivity contribution in [1.29, 1.82) is 0 Å². The van der Waals surface area contributed by atoms with Crippen molar-refractivity contribution in [2.45, 2.75) is 4.90 Å². The van der Waals surface area contributed by atoms with Gasteiger partial charge in [-0.3, -0.25) is 4.79 Å². The molecule has 0 atom stereocenters. The van der Waals surface area contributed by atoms with Crippen LogP contribution in [0.3, 0.4) is 0 Å². The Morgan fingerprint density at radius 2 is 1.59 bits per heavy atom. The van der Waals surface area contributed by atoms with E-state index in [1.54, 1.807) is 0 Å². The summed E-state index contributed by atoms with van der Waals surface area (Å²) in [5, 5.41) is 1.85. The van der Waals surface area contributed by atoms with Crippen LogP contribution in [0.5, 0.6) is 0 Å². The summed E-state index contributed by atoms with van der Waals surface area (Å²) in [7, 11) is 0. The molecule has 1 heterocycles. The lowest BCUT2D eigenvalue weighted by Gasteiger charge is -2.06. The predicted octanol–water partition coefficient (Wildman–Crippen LogP) is 6.32. The summed E-state index contributed by atoms with van der Waals surface area (Å²) in [6.07, 6.45) is 1.31. The minimum atomic E-state index is -0.408. The number of allylic oxidation sites excluding steroid dienone is 1. The van der Waals surface area contributed by atoms with E-state index in [9.17, 15) is 9.18 Å². The summed E-state index contributed by atoms with van der Waals surface area (Å²) in [5.74, 6) is -0.694. The lowest BCUT2D eigenvalue weighted by molar-refractivity contribution is 0.104. The van der Waals surface area contributed by atoms with Crippen molar-refractivity contribution in [2.24, 2.45) is 0 Å². The number of carbonyl (C=O) groups is 1. The first-order valence-corrected chi connectivity index (χ1v) is 8.12. The highest BCUT2D eigenvalue weighted by Crippen LogP contribution is 2.41. The fourth-order valence-corrected chi connectivity index (χ4v) is 3.28. The molecule has 2 nitrogen and oxygen atoms in total. The maximum absolute atomic E-state index is 12.8. The molecule has 0 saturated carbocycles. The van der Waals surface area contributed by atoms with Crippen molar-refractivity contribution in [3.05, 3.63) is 67.5 Å². The Hall–Kier alpha value is -0.780. The van der Waals surface area contributed by atoms with Crippen LogP contribution in [0, 0.1) is 5.82 Å². The zero-order valence-corrected chi connectivity index (χ0v) is 14.5. The third-order valence-electron chi connectivity index (χ3n) is 2.49. The van der Waals surface area contributed by atoms with E-state index < -0.39 is 5.82 Å². The van der Waals surface area contributed by atoms with Crippen LogP contribution in [0.1, 0.15) is 10.4 Å². The van der Waals surface area contributed by atoms with E-state index in [4.69, 9.17) is 46.4 Å². The van der Waals surface area contributed by atoms with Gasteiger partial charge < -0.3 is 0 Å². The lowest BCUT2D eigenvalue weighted by Crippen LogP contribution is -1.93. The normalized spacial score (nSPS) is 11.1. The highest BCUT2D eigenvalue weighted by Gasteiger charge is 2.15. The molecule has 0 saturated heterocycles. The molecule has 22 heavy (non-hydrogen) atoms. The van der Waals surface area contributed by atoms with Gasteiger partial charge in [0.1, 0.15) is 5.82 Å². The first-order chi connectivity index (χ1) is 10.4. The van der Waals surface area contributed by atoms with Crippen LogP contribution < -0.4 is 0 Å². The second kappa shape index (κ2) is 7.66. The van der Waals surface area contributed by atoms with Gasteiger partial charge in [-0.25, -0.2) is 9.37 Å². The summed E-state index contributed by atoms with van der Waals surface area (Å²) < 4.78 is 12.8. The molecule has 0 aliphatic carbocycles. The molecule has 8 heteroatoms. The highest BCUT2D eigenvalue weighted by molar-refractivity contribution is 8.02. The molecule has 114 valence electrons. The molecular weight excluding hydrogens is 391 g/mol. The Morgan fingerprint density at radius 1 is 1.05 bits per heavy atom. The van der Waals surface area contributed by atoms with Crippen molar-refractivity contribution >= 4 is 63.9 Å². The van der Waals surface area contributed by atoms with E-state index in [-0.39, 0.29) is 26.1 Å². The Kier molecular flexibility index (Phi) is 6.12. The number of halogens is 5. The van der Waals surface area contributed by atoms with E-state index in [1.165, 1.54) is 35.7 Å². The Bertz CT molecular complexity index is 723. The van der Waals surface area contributed by atoms with E-state index in [1.807, 2.05) is 0 Å². The zero-order valence-electron chi connectivity index (χ0n) is 10.6. The van der Waals surface area contributed by atoms with Gasteiger partial charge in [0, 0.05) is 5.56 Å². The number of thioether (sulfide) groups is 1. The molecule has 0 unspecified atom stereocenters. The van der Waals surface area contributed by atoms with Crippen molar-refractivity contribution in [3.63, 3.8) is 0 Å². The van der Waals surface area contributed by atoms with Gasteiger partial charge in [-0.05, 0) is 35.7 Å². The fraction of sp³-hybridized carbons (Fsp3) is 0. The predicted molar refractivity (Wildman–Crippen MR) is 90.0 cm³/mol. The van der Waals surface area contributed by atoms with Crippen molar-refractivity contribution in [3.8, 4) is 0 Å². The van der Waals surface area contributed by atoms with Gasteiger partial charge in [0.2, 0.25) is 0 Å². The van der Waals surface area contributed by atoms with Crippen molar-refractivity contribution in [2.75, 3.05) is 0 Å². The van der Waals surface area contributed by atoms with Crippen molar-refractivity contribution < 1.29 is 9.18 Å². The van der Waals surface area contributed by atoms with Crippen LogP contribution in [-0.4, -0.2) is 10.8 Å². The van der Waals surface area contributed by atoms with Crippen LogP contribution in [0.15, 0.2) is 40.6 Å². The van der Waals surface area contributed by atoms with Gasteiger partial charge in [-0.2, -0.15) is 0 Å². The van der Waals surface area contributed by atoms with Gasteiger partial charge in [0.15, 0.2) is 16.1 Å². The van der Waals surface area contributed by atoms with Gasteiger partial charge in [-0.15, -0.1) is 0 Å². The lowest BCUT2D eigenvalue weighted by atomic mass is 10.1. The number of hydrogen-bond acceptors (Lipinski definition) is 3. The molecule has 1 aromatic heterocycles. The summed E-state index contributed by atoms with van der Waals surface area (Å²) >= 11 is 24.7. The third kappa shape index (κ3) is 4.15. The second-order valence-electron chi connectivity index (χ2n) is 3.94. The molecule has 0 amide bonds. The number of pyridine rings is 1. The van der Waals surface area contributed by atoms with Gasteiger partial charge in [0.25, 0.3) is 0 Å². The Labute approximate surface area is 150 Å². The largest absolute Gasteiger partial charge is 0.289 e. The molecule has 0 spiro atoms. The van der Waals surface area contributed by atoms with E-state index in [0.717, 1.165) is 11.8 Å². The molecule has 2 rings (SSSR count). The summed E-state index contributed by atoms with van der Waals surface area (Å²) in [4.78, 5) is 16.1. The van der Waals surface area contributed by atoms with Crippen molar-refractivity contribution in [1.82, 2.24) is 4.98 Å². The maximum atomic E-state index is 12.8. The molecule has 0 bridgehead atoms.